The maximum absolute atomic E-state index is 13.1. The van der Waals surface area contributed by atoms with Crippen molar-refractivity contribution in [3.8, 4) is 5.75 Å². The number of anilines is 2. The lowest BCUT2D eigenvalue weighted by Crippen LogP contribution is -2.47. The Morgan fingerprint density at radius 3 is 2.41 bits per heavy atom. The molecule has 0 bridgehead atoms. The molecule has 0 aliphatic heterocycles. The molecule has 0 spiro atoms. The highest BCUT2D eigenvalue weighted by atomic mass is 16.5. The van der Waals surface area contributed by atoms with Gasteiger partial charge in [0.2, 0.25) is 11.8 Å². The molecule has 1 unspecified atom stereocenters. The molecule has 10 nitrogen and oxygen atoms in total. The van der Waals surface area contributed by atoms with Crippen LogP contribution in [-0.4, -0.2) is 42.0 Å². The number of hydrogen-bond donors (Lipinski definition) is 6. The summed E-state index contributed by atoms with van der Waals surface area (Å²) in [6.45, 7) is 2.39. The number of ether oxygens (including phenoxy) is 1. The molecule has 0 aliphatic rings. The van der Waals surface area contributed by atoms with Crippen LogP contribution in [0.5, 0.6) is 5.75 Å². The first-order chi connectivity index (χ1) is 18.9. The Balaban J connectivity index is 1.35. The molecule has 1 atom stereocenters. The molecule has 4 rings (SSSR count). The first kappa shape index (κ1) is 27.2. The highest BCUT2D eigenvalue weighted by molar-refractivity contribution is 6.00. The summed E-state index contributed by atoms with van der Waals surface area (Å²) in [4.78, 5) is 40.7. The molecule has 0 saturated heterocycles. The second-order valence-corrected chi connectivity index (χ2v) is 9.04. The van der Waals surface area contributed by atoms with Gasteiger partial charge < -0.3 is 36.7 Å². The molecule has 4 amide bonds. The van der Waals surface area contributed by atoms with Crippen LogP contribution in [0.2, 0.25) is 0 Å². The number of nitrogens with two attached hydrogens (primary N) is 1. The predicted octanol–water partition coefficient (Wildman–Crippen LogP) is 3.65. The lowest BCUT2D eigenvalue weighted by molar-refractivity contribution is -0.120. The number of aromatic nitrogens is 1. The van der Waals surface area contributed by atoms with Gasteiger partial charge in [0, 0.05) is 34.5 Å². The summed E-state index contributed by atoms with van der Waals surface area (Å²) >= 11 is 0. The van der Waals surface area contributed by atoms with Crippen LogP contribution < -0.4 is 31.7 Å². The van der Waals surface area contributed by atoms with Crippen LogP contribution in [-0.2, 0) is 16.2 Å². The Hall–Kier alpha value is -4.83. The number of nitrogens with one attached hydrogen (secondary N) is 5. The Morgan fingerprint density at radius 2 is 1.67 bits per heavy atom. The smallest absolute Gasteiger partial charge is 0.319 e. The van der Waals surface area contributed by atoms with Crippen molar-refractivity contribution in [1.29, 1.82) is 0 Å². The van der Waals surface area contributed by atoms with E-state index in [9.17, 15) is 14.4 Å². The van der Waals surface area contributed by atoms with Gasteiger partial charge in [-0.05, 0) is 67.4 Å². The number of carbonyl (C=O) groups excluding carboxylic acids is 3. The molecular formula is C29H32N6O4. The summed E-state index contributed by atoms with van der Waals surface area (Å²) in [5.41, 5.74) is 9.48. The van der Waals surface area contributed by atoms with Gasteiger partial charge in [0.25, 0.3) is 0 Å². The first-order valence-corrected chi connectivity index (χ1v) is 12.6. The highest BCUT2D eigenvalue weighted by Gasteiger charge is 2.21. The van der Waals surface area contributed by atoms with Crippen molar-refractivity contribution in [3.63, 3.8) is 0 Å². The molecule has 202 valence electrons. The zero-order valence-electron chi connectivity index (χ0n) is 21.6. The van der Waals surface area contributed by atoms with Crippen molar-refractivity contribution in [2.45, 2.75) is 26.0 Å². The Kier molecular flexibility index (Phi) is 9.15. The summed E-state index contributed by atoms with van der Waals surface area (Å²) in [7, 11) is 0. The van der Waals surface area contributed by atoms with Gasteiger partial charge in [-0.15, -0.1) is 0 Å². The van der Waals surface area contributed by atoms with Gasteiger partial charge in [-0.2, -0.15) is 0 Å². The van der Waals surface area contributed by atoms with E-state index in [4.69, 9.17) is 10.5 Å². The number of aromatic amines is 1. The number of rotatable bonds is 11. The molecule has 7 N–H and O–H groups in total. The van der Waals surface area contributed by atoms with Gasteiger partial charge in [0.1, 0.15) is 18.4 Å². The van der Waals surface area contributed by atoms with Crippen LogP contribution in [0, 0.1) is 6.92 Å². The van der Waals surface area contributed by atoms with Gasteiger partial charge in [-0.3, -0.25) is 9.59 Å². The van der Waals surface area contributed by atoms with E-state index in [0.29, 0.717) is 23.7 Å². The standard InChI is InChI=1S/C29H32N6O4/c1-19-15-21-16-23(9-12-25(21)32-19)33-28(37)26(13-14-31-27(36)17-30)35-29(38)34-22-7-10-24(11-8-22)39-18-20-5-3-2-4-6-20/h2-12,15-16,26,32H,13-14,17-18,30H2,1H3,(H,31,36)(H,33,37)(H2,34,35,38). The minimum atomic E-state index is -0.916. The summed E-state index contributed by atoms with van der Waals surface area (Å²) in [6.07, 6.45) is 0.169. The van der Waals surface area contributed by atoms with E-state index < -0.39 is 18.0 Å². The molecule has 4 aromatic rings. The average molecular weight is 529 g/mol. The molecule has 0 aliphatic carbocycles. The zero-order chi connectivity index (χ0) is 27.6. The summed E-state index contributed by atoms with van der Waals surface area (Å²) < 4.78 is 5.78. The van der Waals surface area contributed by atoms with E-state index in [1.54, 1.807) is 30.3 Å². The molecular weight excluding hydrogens is 496 g/mol. The molecule has 1 aromatic heterocycles. The van der Waals surface area contributed by atoms with Gasteiger partial charge in [-0.1, -0.05) is 30.3 Å². The molecule has 0 saturated carbocycles. The fraction of sp³-hybridized carbons (Fsp3) is 0.207. The van der Waals surface area contributed by atoms with E-state index in [1.165, 1.54) is 0 Å². The summed E-state index contributed by atoms with van der Waals surface area (Å²) in [6, 6.07) is 22.8. The Bertz CT molecular complexity index is 1420. The van der Waals surface area contributed by atoms with E-state index in [1.807, 2.05) is 55.5 Å². The number of aryl methyl sites for hydroxylation is 1. The molecule has 0 radical (unpaired) electrons. The van der Waals surface area contributed by atoms with Crippen molar-refractivity contribution in [1.82, 2.24) is 15.6 Å². The largest absolute Gasteiger partial charge is 0.489 e. The lowest BCUT2D eigenvalue weighted by Gasteiger charge is -2.19. The second kappa shape index (κ2) is 13.1. The first-order valence-electron chi connectivity index (χ1n) is 12.6. The maximum atomic E-state index is 13.1. The quantitative estimate of drug-likeness (QED) is 0.176. The number of H-pyrrole nitrogens is 1. The minimum Gasteiger partial charge on any atom is -0.489 e. The number of fused-ring (bicyclic) bond motifs is 1. The van der Waals surface area contributed by atoms with Gasteiger partial charge in [0.15, 0.2) is 0 Å². The van der Waals surface area contributed by atoms with Crippen molar-refractivity contribution < 1.29 is 19.1 Å². The number of carbonyl (C=O) groups is 3. The van der Waals surface area contributed by atoms with Gasteiger partial charge in [0.05, 0.1) is 6.54 Å². The third kappa shape index (κ3) is 8.08. The summed E-state index contributed by atoms with van der Waals surface area (Å²) in [5, 5.41) is 11.9. The average Bonchev–Trinajstić information content (AvgIpc) is 3.31. The molecule has 3 aromatic carbocycles. The third-order valence-electron chi connectivity index (χ3n) is 5.95. The van der Waals surface area contributed by atoms with Crippen molar-refractivity contribution in [3.05, 3.63) is 90.1 Å². The Morgan fingerprint density at radius 1 is 0.923 bits per heavy atom. The van der Waals surface area contributed by atoms with E-state index >= 15 is 0 Å². The van der Waals surface area contributed by atoms with Gasteiger partial charge >= 0.3 is 6.03 Å². The van der Waals surface area contributed by atoms with Crippen molar-refractivity contribution >= 4 is 40.1 Å². The number of urea groups is 1. The monoisotopic (exact) mass is 528 g/mol. The Labute approximate surface area is 226 Å². The molecule has 0 fully saturated rings. The molecule has 1 heterocycles. The van der Waals surface area contributed by atoms with E-state index in [0.717, 1.165) is 22.2 Å². The number of amides is 4. The summed E-state index contributed by atoms with van der Waals surface area (Å²) in [5.74, 6) is -0.0998. The lowest BCUT2D eigenvalue weighted by atomic mass is 10.1. The van der Waals surface area contributed by atoms with Crippen LogP contribution in [0.4, 0.5) is 16.2 Å². The van der Waals surface area contributed by atoms with Crippen molar-refractivity contribution in [2.75, 3.05) is 23.7 Å². The van der Waals surface area contributed by atoms with Crippen LogP contribution in [0.25, 0.3) is 10.9 Å². The van der Waals surface area contributed by atoms with E-state index in [-0.39, 0.29) is 25.4 Å². The topological polar surface area (TPSA) is 150 Å². The normalized spacial score (nSPS) is 11.4. The maximum Gasteiger partial charge on any atom is 0.319 e. The number of hydrogen-bond acceptors (Lipinski definition) is 5. The number of benzene rings is 3. The zero-order valence-corrected chi connectivity index (χ0v) is 21.6. The minimum absolute atomic E-state index is 0.161. The fourth-order valence-electron chi connectivity index (χ4n) is 3.98. The van der Waals surface area contributed by atoms with Gasteiger partial charge in [-0.25, -0.2) is 4.79 Å². The predicted molar refractivity (Wildman–Crippen MR) is 152 cm³/mol. The SMILES string of the molecule is Cc1cc2cc(NC(=O)C(CCNC(=O)CN)NC(=O)Nc3ccc(OCc4ccccc4)cc3)ccc2[nH]1. The fourth-order valence-corrected chi connectivity index (χ4v) is 3.98. The third-order valence-corrected chi connectivity index (χ3v) is 5.95. The van der Waals surface area contributed by atoms with Crippen LogP contribution in [0.1, 0.15) is 17.7 Å². The molecule has 10 heteroatoms. The van der Waals surface area contributed by atoms with Crippen molar-refractivity contribution in [2.24, 2.45) is 5.73 Å². The van der Waals surface area contributed by atoms with Crippen LogP contribution in [0.15, 0.2) is 78.9 Å². The second-order valence-electron chi connectivity index (χ2n) is 9.04. The van der Waals surface area contributed by atoms with E-state index in [2.05, 4.69) is 26.3 Å². The highest BCUT2D eigenvalue weighted by Crippen LogP contribution is 2.20. The van der Waals surface area contributed by atoms with Crippen LogP contribution in [0.3, 0.4) is 0 Å². The van der Waals surface area contributed by atoms with Crippen LogP contribution >= 0.6 is 0 Å². The molecule has 39 heavy (non-hydrogen) atoms.